The highest BCUT2D eigenvalue weighted by molar-refractivity contribution is 5.49. The van der Waals surface area contributed by atoms with Gasteiger partial charge < -0.3 is 20.3 Å². The van der Waals surface area contributed by atoms with Crippen molar-refractivity contribution in [3.63, 3.8) is 0 Å². The van der Waals surface area contributed by atoms with Gasteiger partial charge in [0.1, 0.15) is 23.7 Å². The third kappa shape index (κ3) is 4.39. The van der Waals surface area contributed by atoms with Crippen molar-refractivity contribution in [2.75, 3.05) is 37.0 Å². The first-order valence-corrected chi connectivity index (χ1v) is 8.99. The molecule has 1 aromatic heterocycles. The second-order valence-electron chi connectivity index (χ2n) is 6.17. The summed E-state index contributed by atoms with van der Waals surface area (Å²) in [7, 11) is 1.88. The molecule has 1 unspecified atom stereocenters. The van der Waals surface area contributed by atoms with E-state index in [-0.39, 0.29) is 0 Å². The molecule has 1 fully saturated rings. The third-order valence-corrected chi connectivity index (χ3v) is 4.55. The molecule has 0 saturated carbocycles. The van der Waals surface area contributed by atoms with E-state index < -0.39 is 0 Å². The van der Waals surface area contributed by atoms with Crippen LogP contribution in [-0.2, 0) is 6.54 Å². The molecule has 0 radical (unpaired) electrons. The summed E-state index contributed by atoms with van der Waals surface area (Å²) in [6.45, 7) is 5.49. The molecule has 2 N–H and O–H groups in total. The maximum Gasteiger partial charge on any atom is 0.134 e. The zero-order valence-electron chi connectivity index (χ0n) is 15.0. The molecule has 25 heavy (non-hydrogen) atoms. The number of hydrogen-bond acceptors (Lipinski definition) is 6. The lowest BCUT2D eigenvalue weighted by Crippen LogP contribution is -2.38. The molecule has 2 aromatic rings. The van der Waals surface area contributed by atoms with Gasteiger partial charge in [0.05, 0.1) is 6.61 Å². The predicted octanol–water partition coefficient (Wildman–Crippen LogP) is 2.68. The Balaban J connectivity index is 1.59. The van der Waals surface area contributed by atoms with Crippen LogP contribution in [0.2, 0.25) is 0 Å². The molecule has 6 nitrogen and oxygen atoms in total. The Kier molecular flexibility index (Phi) is 6.06. The number of hydrogen-bond donors (Lipinski definition) is 2. The fraction of sp³-hybridized carbons (Fsp3) is 0.474. The van der Waals surface area contributed by atoms with Crippen molar-refractivity contribution in [2.45, 2.75) is 32.4 Å². The summed E-state index contributed by atoms with van der Waals surface area (Å²) >= 11 is 0. The van der Waals surface area contributed by atoms with Crippen molar-refractivity contribution in [3.05, 3.63) is 42.2 Å². The molecule has 6 heteroatoms. The minimum Gasteiger partial charge on any atom is -0.494 e. The van der Waals surface area contributed by atoms with Gasteiger partial charge in [0, 0.05) is 44.4 Å². The number of anilines is 2. The molecule has 2 heterocycles. The molecule has 0 amide bonds. The topological polar surface area (TPSA) is 62.3 Å². The Bertz CT molecular complexity index is 678. The molecule has 134 valence electrons. The van der Waals surface area contributed by atoms with Crippen LogP contribution in [0.15, 0.2) is 36.7 Å². The van der Waals surface area contributed by atoms with Crippen LogP contribution in [0.3, 0.4) is 0 Å². The Morgan fingerprint density at radius 3 is 3.00 bits per heavy atom. The van der Waals surface area contributed by atoms with Crippen LogP contribution in [0.1, 0.15) is 25.3 Å². The van der Waals surface area contributed by atoms with Gasteiger partial charge >= 0.3 is 0 Å². The number of rotatable bonds is 8. The van der Waals surface area contributed by atoms with Crippen molar-refractivity contribution in [3.8, 4) is 5.75 Å². The summed E-state index contributed by atoms with van der Waals surface area (Å²) in [6, 6.07) is 10.7. The maximum absolute atomic E-state index is 5.70. The lowest BCUT2D eigenvalue weighted by atomic mass is 10.2. The molecule has 1 aromatic carbocycles. The fourth-order valence-corrected chi connectivity index (χ4v) is 3.31. The van der Waals surface area contributed by atoms with E-state index in [1.165, 1.54) is 18.4 Å². The minimum atomic E-state index is 0.457. The predicted molar refractivity (Wildman–Crippen MR) is 101 cm³/mol. The Morgan fingerprint density at radius 2 is 2.16 bits per heavy atom. The van der Waals surface area contributed by atoms with E-state index in [2.05, 4.69) is 37.6 Å². The second-order valence-corrected chi connectivity index (χ2v) is 6.17. The van der Waals surface area contributed by atoms with Crippen molar-refractivity contribution in [1.82, 2.24) is 15.3 Å². The summed E-state index contributed by atoms with van der Waals surface area (Å²) in [5.41, 5.74) is 1.20. The quantitative estimate of drug-likeness (QED) is 0.770. The number of aromatic nitrogens is 2. The van der Waals surface area contributed by atoms with Gasteiger partial charge in [-0.1, -0.05) is 18.2 Å². The van der Waals surface area contributed by atoms with E-state index in [0.29, 0.717) is 12.6 Å². The maximum atomic E-state index is 5.70. The fourth-order valence-electron chi connectivity index (χ4n) is 3.31. The molecule has 0 spiro atoms. The number of nitrogens with one attached hydrogen (secondary N) is 2. The molecule has 1 aliphatic heterocycles. The van der Waals surface area contributed by atoms with Gasteiger partial charge in [-0.3, -0.25) is 0 Å². The van der Waals surface area contributed by atoms with Crippen molar-refractivity contribution >= 4 is 11.6 Å². The van der Waals surface area contributed by atoms with Crippen molar-refractivity contribution in [2.24, 2.45) is 0 Å². The average Bonchev–Trinajstić information content (AvgIpc) is 3.12. The zero-order chi connectivity index (χ0) is 17.5. The Hall–Kier alpha value is -2.34. The smallest absolute Gasteiger partial charge is 0.134 e. The molecule has 0 bridgehead atoms. The summed E-state index contributed by atoms with van der Waals surface area (Å²) in [5.74, 6) is 2.82. The first-order chi connectivity index (χ1) is 12.3. The molecule has 1 saturated heterocycles. The van der Waals surface area contributed by atoms with E-state index in [9.17, 15) is 0 Å². The van der Waals surface area contributed by atoms with Gasteiger partial charge in [0.2, 0.25) is 0 Å². The summed E-state index contributed by atoms with van der Waals surface area (Å²) in [5, 5.41) is 6.67. The monoisotopic (exact) mass is 341 g/mol. The SMILES string of the molecule is CCOc1ccccc1CNCC1CCCN1c1cc(NC)ncn1. The normalized spacial score (nSPS) is 16.9. The number of ether oxygens (including phenoxy) is 1. The molecule has 1 atom stereocenters. The summed E-state index contributed by atoms with van der Waals surface area (Å²) in [4.78, 5) is 11.0. The number of para-hydroxylation sites is 1. The highest BCUT2D eigenvalue weighted by Gasteiger charge is 2.25. The lowest BCUT2D eigenvalue weighted by molar-refractivity contribution is 0.335. The van der Waals surface area contributed by atoms with Crippen molar-refractivity contribution in [1.29, 1.82) is 0 Å². The highest BCUT2D eigenvalue weighted by Crippen LogP contribution is 2.25. The largest absolute Gasteiger partial charge is 0.494 e. The second kappa shape index (κ2) is 8.67. The first-order valence-electron chi connectivity index (χ1n) is 8.99. The van der Waals surface area contributed by atoms with Gasteiger partial charge in [-0.05, 0) is 25.8 Å². The standard InChI is InChI=1S/C19H27N5O/c1-3-25-17-9-5-4-7-15(17)12-21-13-16-8-6-10-24(16)19-11-18(20-2)22-14-23-19/h4-5,7,9,11,14,16,21H,3,6,8,10,12-13H2,1-2H3,(H,20,22,23). The molecular weight excluding hydrogens is 314 g/mol. The highest BCUT2D eigenvalue weighted by atomic mass is 16.5. The van der Waals surface area contributed by atoms with E-state index in [1.807, 2.05) is 32.2 Å². The minimum absolute atomic E-state index is 0.457. The summed E-state index contributed by atoms with van der Waals surface area (Å²) < 4.78 is 5.70. The van der Waals surface area contributed by atoms with Crippen LogP contribution in [0.4, 0.5) is 11.6 Å². The van der Waals surface area contributed by atoms with Gasteiger partial charge in [-0.25, -0.2) is 9.97 Å². The first kappa shape index (κ1) is 17.5. The summed E-state index contributed by atoms with van der Waals surface area (Å²) in [6.07, 6.45) is 4.00. The van der Waals surface area contributed by atoms with E-state index in [0.717, 1.165) is 37.0 Å². The van der Waals surface area contributed by atoms with E-state index >= 15 is 0 Å². The third-order valence-electron chi connectivity index (χ3n) is 4.55. The average molecular weight is 341 g/mol. The van der Waals surface area contributed by atoms with E-state index in [4.69, 9.17) is 4.74 Å². The van der Waals surface area contributed by atoms with Gasteiger partial charge in [-0.15, -0.1) is 0 Å². The van der Waals surface area contributed by atoms with Crippen LogP contribution in [0.5, 0.6) is 5.75 Å². The molecular formula is C19H27N5O. The van der Waals surface area contributed by atoms with Gasteiger partial charge in [-0.2, -0.15) is 0 Å². The Morgan fingerprint density at radius 1 is 1.28 bits per heavy atom. The zero-order valence-corrected chi connectivity index (χ0v) is 15.0. The van der Waals surface area contributed by atoms with Crippen molar-refractivity contribution < 1.29 is 4.74 Å². The number of benzene rings is 1. The van der Waals surface area contributed by atoms with Crippen LogP contribution >= 0.6 is 0 Å². The van der Waals surface area contributed by atoms with Gasteiger partial charge in [0.15, 0.2) is 0 Å². The van der Waals surface area contributed by atoms with E-state index in [1.54, 1.807) is 6.33 Å². The molecule has 0 aliphatic carbocycles. The van der Waals surface area contributed by atoms with Crippen LogP contribution in [0, 0.1) is 0 Å². The van der Waals surface area contributed by atoms with Gasteiger partial charge in [0.25, 0.3) is 0 Å². The molecule has 3 rings (SSSR count). The number of nitrogens with zero attached hydrogens (tertiary/aromatic N) is 3. The Labute approximate surface area is 149 Å². The van der Waals surface area contributed by atoms with Crippen LogP contribution in [-0.4, -0.2) is 42.8 Å². The lowest BCUT2D eigenvalue weighted by Gasteiger charge is -2.26. The van der Waals surface area contributed by atoms with Crippen LogP contribution < -0.4 is 20.3 Å². The van der Waals surface area contributed by atoms with Crippen LogP contribution in [0.25, 0.3) is 0 Å². The molecule has 1 aliphatic rings.